The molecule has 0 aromatic carbocycles. The molecule has 1 fully saturated rings. The van der Waals surface area contributed by atoms with Gasteiger partial charge in [-0.2, -0.15) is 0 Å². The second-order valence-corrected chi connectivity index (χ2v) is 8.47. The van der Waals surface area contributed by atoms with Crippen LogP contribution in [0.15, 0.2) is 12.7 Å². The highest BCUT2D eigenvalue weighted by Crippen LogP contribution is 2.18. The molecule has 0 amide bonds. The topological polar surface area (TPSA) is 79.2 Å². The van der Waals surface area contributed by atoms with Gasteiger partial charge in [-0.3, -0.25) is 0 Å². The van der Waals surface area contributed by atoms with Crippen molar-refractivity contribution >= 4 is 0 Å². The number of rotatable bonds is 19. The molecule has 0 unspecified atom stereocenters. The Morgan fingerprint density at radius 2 is 1.24 bits per heavy atom. The fourth-order valence-electron chi connectivity index (χ4n) is 3.91. The molecule has 3 N–H and O–H groups in total. The Bertz CT molecular complexity index is 376. The Morgan fingerprint density at radius 1 is 0.759 bits per heavy atom. The molecule has 1 aliphatic rings. The fourth-order valence-corrected chi connectivity index (χ4v) is 3.91. The van der Waals surface area contributed by atoms with Gasteiger partial charge >= 0.3 is 0 Å². The van der Waals surface area contributed by atoms with E-state index in [0.717, 1.165) is 12.8 Å². The summed E-state index contributed by atoms with van der Waals surface area (Å²) in [5.74, 6) is 0. The van der Waals surface area contributed by atoms with Crippen LogP contribution in [0, 0.1) is 0 Å². The zero-order valence-electron chi connectivity index (χ0n) is 18.5. The zero-order valence-corrected chi connectivity index (χ0v) is 18.5. The molecule has 0 saturated carbocycles. The molecule has 29 heavy (non-hydrogen) atoms. The van der Waals surface area contributed by atoms with Gasteiger partial charge in [0.1, 0.15) is 24.4 Å². The van der Waals surface area contributed by atoms with Crippen molar-refractivity contribution in [2.24, 2.45) is 0 Å². The van der Waals surface area contributed by atoms with Crippen LogP contribution in [0.4, 0.5) is 0 Å². The number of hydrogen-bond donors (Lipinski definition) is 3. The van der Waals surface area contributed by atoms with Crippen LogP contribution < -0.4 is 0 Å². The average molecular weight is 415 g/mol. The second kappa shape index (κ2) is 18.3. The zero-order chi connectivity index (χ0) is 21.2. The Kier molecular flexibility index (Phi) is 16.8. The number of allylic oxidation sites excluding steroid dienone is 1. The Labute approximate surface area is 178 Å². The molecule has 0 radical (unpaired) electrons. The standard InChI is InChI=1S/C24H46O5/c1-2-3-4-5-6-7-8-9-10-11-12-13-14-15-16-17-18-28-22-20-29-21(19-25)23(26)24(22)27/h2,21-27H,1,3-20H2/t21-,22+,23-,24-/m0/s1. The summed E-state index contributed by atoms with van der Waals surface area (Å²) in [5.41, 5.74) is 0. The molecule has 1 rings (SSSR count). The first-order valence-electron chi connectivity index (χ1n) is 12.0. The van der Waals surface area contributed by atoms with Crippen molar-refractivity contribution in [2.45, 2.75) is 121 Å². The maximum Gasteiger partial charge on any atom is 0.111 e. The predicted octanol–water partition coefficient (Wildman–Crippen LogP) is 4.52. The lowest BCUT2D eigenvalue weighted by atomic mass is 10.0. The summed E-state index contributed by atoms with van der Waals surface area (Å²) in [6, 6.07) is 0. The van der Waals surface area contributed by atoms with Gasteiger partial charge in [0.25, 0.3) is 0 Å². The van der Waals surface area contributed by atoms with Crippen molar-refractivity contribution in [3.8, 4) is 0 Å². The van der Waals surface area contributed by atoms with E-state index in [1.807, 2.05) is 6.08 Å². The number of ether oxygens (including phenoxy) is 2. The minimum absolute atomic E-state index is 0.221. The van der Waals surface area contributed by atoms with E-state index in [1.54, 1.807) is 0 Å². The lowest BCUT2D eigenvalue weighted by molar-refractivity contribution is -0.208. The van der Waals surface area contributed by atoms with Crippen molar-refractivity contribution < 1.29 is 24.8 Å². The van der Waals surface area contributed by atoms with E-state index < -0.39 is 24.4 Å². The minimum atomic E-state index is -1.08. The van der Waals surface area contributed by atoms with Crippen LogP contribution >= 0.6 is 0 Å². The molecule has 0 aromatic heterocycles. The predicted molar refractivity (Wildman–Crippen MR) is 118 cm³/mol. The van der Waals surface area contributed by atoms with Gasteiger partial charge in [0.2, 0.25) is 0 Å². The van der Waals surface area contributed by atoms with Crippen LogP contribution in [-0.2, 0) is 9.47 Å². The van der Waals surface area contributed by atoms with E-state index in [-0.39, 0.29) is 13.2 Å². The molecule has 172 valence electrons. The highest BCUT2D eigenvalue weighted by molar-refractivity contribution is 4.87. The molecule has 5 heteroatoms. The van der Waals surface area contributed by atoms with Crippen LogP contribution in [0.1, 0.15) is 96.3 Å². The van der Waals surface area contributed by atoms with Gasteiger partial charge in [-0.15, -0.1) is 6.58 Å². The van der Waals surface area contributed by atoms with E-state index in [4.69, 9.17) is 14.6 Å². The third-order valence-electron chi connectivity index (χ3n) is 5.90. The summed E-state index contributed by atoms with van der Waals surface area (Å²) in [7, 11) is 0. The van der Waals surface area contributed by atoms with Crippen LogP contribution in [0.5, 0.6) is 0 Å². The SMILES string of the molecule is C=CCCCCCCCCCCCCCCCCO[C@@H]1CO[C@@H](CO)[C@H](O)[C@H]1O. The van der Waals surface area contributed by atoms with Crippen molar-refractivity contribution in [1.82, 2.24) is 0 Å². The quantitative estimate of drug-likeness (QED) is 0.214. The molecule has 0 aromatic rings. The van der Waals surface area contributed by atoms with E-state index in [2.05, 4.69) is 6.58 Å². The van der Waals surface area contributed by atoms with Crippen molar-refractivity contribution in [3.63, 3.8) is 0 Å². The van der Waals surface area contributed by atoms with Crippen LogP contribution in [0.3, 0.4) is 0 Å². The number of unbranched alkanes of at least 4 members (excludes halogenated alkanes) is 14. The lowest BCUT2D eigenvalue weighted by Gasteiger charge is -2.36. The maximum atomic E-state index is 10.0. The van der Waals surface area contributed by atoms with E-state index in [0.29, 0.717) is 6.61 Å². The molecule has 0 aliphatic carbocycles. The summed E-state index contributed by atoms with van der Waals surface area (Å²) >= 11 is 0. The summed E-state index contributed by atoms with van der Waals surface area (Å²) in [5, 5.41) is 28.9. The summed E-state index contributed by atoms with van der Waals surface area (Å²) in [6.07, 6.45) is 18.2. The van der Waals surface area contributed by atoms with E-state index >= 15 is 0 Å². The summed E-state index contributed by atoms with van der Waals surface area (Å²) < 4.78 is 11.0. The highest BCUT2D eigenvalue weighted by atomic mass is 16.6. The van der Waals surface area contributed by atoms with Gasteiger partial charge in [0, 0.05) is 6.61 Å². The molecular weight excluding hydrogens is 368 g/mol. The lowest BCUT2D eigenvalue weighted by Crippen LogP contribution is -2.55. The first-order chi connectivity index (χ1) is 14.2. The van der Waals surface area contributed by atoms with Crippen molar-refractivity contribution in [3.05, 3.63) is 12.7 Å². The normalized spacial score (nSPS) is 24.7. The minimum Gasteiger partial charge on any atom is -0.394 e. The maximum absolute atomic E-state index is 10.0. The average Bonchev–Trinajstić information content (AvgIpc) is 2.73. The molecule has 0 spiro atoms. The molecule has 5 nitrogen and oxygen atoms in total. The smallest absolute Gasteiger partial charge is 0.111 e. The van der Waals surface area contributed by atoms with Gasteiger partial charge in [-0.05, 0) is 19.3 Å². The first-order valence-corrected chi connectivity index (χ1v) is 12.0. The number of aliphatic hydroxyl groups is 3. The molecule has 1 aliphatic heterocycles. The highest BCUT2D eigenvalue weighted by Gasteiger charge is 2.38. The fraction of sp³-hybridized carbons (Fsp3) is 0.917. The van der Waals surface area contributed by atoms with Crippen LogP contribution in [-0.4, -0.2) is 59.6 Å². The van der Waals surface area contributed by atoms with Gasteiger partial charge < -0.3 is 24.8 Å². The summed E-state index contributed by atoms with van der Waals surface area (Å²) in [6.45, 7) is 4.27. The number of hydrogen-bond acceptors (Lipinski definition) is 5. The molecule has 1 saturated heterocycles. The van der Waals surface area contributed by atoms with Gasteiger partial charge in [0.05, 0.1) is 13.2 Å². The molecule has 4 atom stereocenters. The summed E-state index contributed by atoms with van der Waals surface area (Å²) in [4.78, 5) is 0. The Balaban J connectivity index is 1.80. The third-order valence-corrected chi connectivity index (χ3v) is 5.90. The molecule has 0 bridgehead atoms. The molecule has 1 heterocycles. The number of aliphatic hydroxyl groups excluding tert-OH is 3. The van der Waals surface area contributed by atoms with Gasteiger partial charge in [-0.25, -0.2) is 0 Å². The van der Waals surface area contributed by atoms with Crippen molar-refractivity contribution in [1.29, 1.82) is 0 Å². The monoisotopic (exact) mass is 414 g/mol. The van der Waals surface area contributed by atoms with Gasteiger partial charge in [-0.1, -0.05) is 83.1 Å². The third kappa shape index (κ3) is 12.7. The van der Waals surface area contributed by atoms with E-state index in [1.165, 1.54) is 83.5 Å². The first kappa shape index (κ1) is 26.6. The Hall–Kier alpha value is -0.460. The van der Waals surface area contributed by atoms with Crippen LogP contribution in [0.2, 0.25) is 0 Å². The Morgan fingerprint density at radius 3 is 1.72 bits per heavy atom. The van der Waals surface area contributed by atoms with Gasteiger partial charge in [0.15, 0.2) is 0 Å². The van der Waals surface area contributed by atoms with Crippen molar-refractivity contribution in [2.75, 3.05) is 19.8 Å². The largest absolute Gasteiger partial charge is 0.394 e. The van der Waals surface area contributed by atoms with E-state index in [9.17, 15) is 10.2 Å². The molecular formula is C24H46O5. The second-order valence-electron chi connectivity index (χ2n) is 8.47. The van der Waals surface area contributed by atoms with Crippen LogP contribution in [0.25, 0.3) is 0 Å².